The van der Waals surface area contributed by atoms with Crippen LogP contribution in [-0.2, 0) is 9.53 Å². The Hall–Kier alpha value is -2.70. The van der Waals surface area contributed by atoms with Gasteiger partial charge in [0.15, 0.2) is 5.82 Å². The zero-order valence-electron chi connectivity index (χ0n) is 15.1. The molecule has 3 rings (SSSR count). The van der Waals surface area contributed by atoms with Gasteiger partial charge in [0.25, 0.3) is 0 Å². The minimum atomic E-state index is -0.514. The number of nitrogens with two attached hydrogens (primary N) is 1. The Balaban J connectivity index is 1.80. The predicted molar refractivity (Wildman–Crippen MR) is 97.4 cm³/mol. The third-order valence-corrected chi connectivity index (χ3v) is 5.22. The minimum Gasteiger partial charge on any atom is -0.414 e. The molecule has 1 aromatic rings. The first-order chi connectivity index (χ1) is 13.0. The molecule has 2 saturated heterocycles. The van der Waals surface area contributed by atoms with Crippen molar-refractivity contribution >= 4 is 23.4 Å². The maximum atomic E-state index is 14.9. The van der Waals surface area contributed by atoms with Gasteiger partial charge in [-0.05, 0) is 6.07 Å². The number of halogens is 1. The average molecular weight is 376 g/mol. The fraction of sp³-hybridized carbons (Fsp3) is 0.500. The summed E-state index contributed by atoms with van der Waals surface area (Å²) in [6.07, 6.45) is -0.479. The number of hydrogen-bond acceptors (Lipinski definition) is 6. The number of hydrogen-bond donors (Lipinski definition) is 1. The number of benzene rings is 1. The van der Waals surface area contributed by atoms with Gasteiger partial charge in [-0.3, -0.25) is 9.69 Å². The Morgan fingerprint density at radius 2 is 2.07 bits per heavy atom. The van der Waals surface area contributed by atoms with Gasteiger partial charge >= 0.3 is 6.09 Å². The molecule has 0 aliphatic carbocycles. The van der Waals surface area contributed by atoms with Crippen molar-refractivity contribution in [3.8, 4) is 6.07 Å². The van der Waals surface area contributed by atoms with Gasteiger partial charge in [0.1, 0.15) is 25.4 Å². The number of rotatable bonds is 6. The molecule has 2 aliphatic heterocycles. The highest BCUT2D eigenvalue weighted by molar-refractivity contribution is 5.85. The summed E-state index contributed by atoms with van der Waals surface area (Å²) in [5, 5.41) is 8.77. The van der Waals surface area contributed by atoms with Gasteiger partial charge < -0.3 is 15.4 Å². The molecule has 0 saturated carbocycles. The van der Waals surface area contributed by atoms with Crippen LogP contribution in [0.5, 0.6) is 0 Å². The minimum absolute atomic E-state index is 0.0132. The lowest BCUT2D eigenvalue weighted by molar-refractivity contribution is -0.118. The first-order valence-electron chi connectivity index (χ1n) is 8.93. The van der Waals surface area contributed by atoms with Crippen LogP contribution < -0.4 is 15.1 Å². The molecule has 2 aliphatic rings. The Morgan fingerprint density at radius 3 is 2.63 bits per heavy atom. The van der Waals surface area contributed by atoms with Crippen LogP contribution in [0.2, 0.25) is 0 Å². The van der Waals surface area contributed by atoms with Crippen molar-refractivity contribution in [2.45, 2.75) is 6.42 Å². The van der Waals surface area contributed by atoms with Crippen LogP contribution in [0.4, 0.5) is 20.6 Å². The topological polar surface area (TPSA) is 99.7 Å². The lowest BCUT2D eigenvalue weighted by Crippen LogP contribution is -2.52. The molecular weight excluding hydrogens is 353 g/mol. The normalized spacial score (nSPS) is 23.1. The van der Waals surface area contributed by atoms with Crippen molar-refractivity contribution in [3.63, 3.8) is 0 Å². The van der Waals surface area contributed by atoms with E-state index in [2.05, 4.69) is 6.07 Å². The summed E-state index contributed by atoms with van der Waals surface area (Å²) in [6.45, 7) is 3.74. The van der Waals surface area contributed by atoms with Crippen LogP contribution in [-0.4, -0.2) is 69.3 Å². The molecule has 1 unspecified atom stereocenters. The van der Waals surface area contributed by atoms with Gasteiger partial charge in [-0.1, -0.05) is 0 Å². The average Bonchev–Trinajstić information content (AvgIpc) is 3.03. The smallest absolute Gasteiger partial charge is 0.414 e. The van der Waals surface area contributed by atoms with Crippen molar-refractivity contribution in [1.82, 2.24) is 9.38 Å². The number of nitrogens with zero attached hydrogens (tertiary/aromatic N) is 4. The second kappa shape index (κ2) is 7.90. The molecule has 144 valence electrons. The Morgan fingerprint density at radius 1 is 1.33 bits per heavy atom. The zero-order valence-corrected chi connectivity index (χ0v) is 15.1. The van der Waals surface area contributed by atoms with Crippen molar-refractivity contribution < 1.29 is 18.7 Å². The van der Waals surface area contributed by atoms with E-state index >= 15 is 0 Å². The van der Waals surface area contributed by atoms with E-state index in [9.17, 15) is 14.0 Å². The standard InChI is InChI=1S/C18H22FN5O3/c19-15-13-14(24(10-3-17(21)25)11-12-27-18(24)26)1-2-16(15)23-8-6-22(5-4-20)7-9-23/h1-2,13H,3,5-12H2,(H-,21,25)/p+1. The fourth-order valence-corrected chi connectivity index (χ4v) is 3.64. The number of carbonyl (C=O) groups is 2. The van der Waals surface area contributed by atoms with Gasteiger partial charge in [-0.15, -0.1) is 0 Å². The van der Waals surface area contributed by atoms with Crippen molar-refractivity contribution in [2.75, 3.05) is 57.3 Å². The van der Waals surface area contributed by atoms with Crippen LogP contribution in [0.3, 0.4) is 0 Å². The van der Waals surface area contributed by atoms with E-state index < -0.39 is 17.8 Å². The van der Waals surface area contributed by atoms with Gasteiger partial charge in [0.2, 0.25) is 5.91 Å². The van der Waals surface area contributed by atoms with E-state index in [0.717, 1.165) is 0 Å². The molecule has 0 spiro atoms. The quantitative estimate of drug-likeness (QED) is 0.582. The highest BCUT2D eigenvalue weighted by Crippen LogP contribution is 2.33. The number of amides is 2. The first-order valence-corrected chi connectivity index (χ1v) is 8.93. The van der Waals surface area contributed by atoms with E-state index in [0.29, 0.717) is 50.6 Å². The highest BCUT2D eigenvalue weighted by atomic mass is 19.1. The Bertz CT molecular complexity index is 773. The molecule has 1 aromatic carbocycles. The molecule has 0 aromatic heterocycles. The molecule has 0 radical (unpaired) electrons. The van der Waals surface area contributed by atoms with Crippen LogP contribution in [0, 0.1) is 17.1 Å². The highest BCUT2D eigenvalue weighted by Gasteiger charge is 2.46. The third kappa shape index (κ3) is 3.86. The summed E-state index contributed by atoms with van der Waals surface area (Å²) in [4.78, 5) is 27.5. The Kier molecular flexibility index (Phi) is 5.58. The fourth-order valence-electron chi connectivity index (χ4n) is 3.64. The molecule has 9 heteroatoms. The van der Waals surface area contributed by atoms with Crippen LogP contribution in [0.25, 0.3) is 0 Å². The number of nitriles is 1. The van der Waals surface area contributed by atoms with Crippen molar-refractivity contribution in [3.05, 3.63) is 24.0 Å². The lowest BCUT2D eigenvalue weighted by Gasteiger charge is -2.35. The van der Waals surface area contributed by atoms with Gasteiger partial charge in [-0.2, -0.15) is 14.5 Å². The molecule has 2 N–H and O–H groups in total. The molecule has 2 fully saturated rings. The van der Waals surface area contributed by atoms with E-state index in [1.807, 2.05) is 9.80 Å². The molecule has 2 amide bonds. The number of primary amides is 1. The van der Waals surface area contributed by atoms with E-state index in [1.165, 1.54) is 6.07 Å². The number of cyclic esters (lactones) is 1. The number of carbonyl (C=O) groups excluding carboxylic acids is 2. The maximum Gasteiger partial charge on any atom is 0.521 e. The summed E-state index contributed by atoms with van der Waals surface area (Å²) in [7, 11) is 0. The summed E-state index contributed by atoms with van der Waals surface area (Å²) < 4.78 is 19.7. The number of ether oxygens (including phenoxy) is 1. The van der Waals surface area contributed by atoms with Crippen molar-refractivity contribution in [1.29, 1.82) is 5.26 Å². The second-order valence-corrected chi connectivity index (χ2v) is 6.80. The summed E-state index contributed by atoms with van der Waals surface area (Å²) >= 11 is 0. The molecule has 2 heterocycles. The van der Waals surface area contributed by atoms with E-state index in [4.69, 9.17) is 15.7 Å². The second-order valence-electron chi connectivity index (χ2n) is 6.80. The maximum absolute atomic E-state index is 14.9. The van der Waals surface area contributed by atoms with Gasteiger partial charge in [-0.25, -0.2) is 4.39 Å². The summed E-state index contributed by atoms with van der Waals surface area (Å²) in [5.74, 6) is -0.933. The monoisotopic (exact) mass is 376 g/mol. The largest absolute Gasteiger partial charge is 0.521 e. The molecular formula is C18H23FN5O3+. The number of anilines is 1. The summed E-state index contributed by atoms with van der Waals surface area (Å²) in [6, 6.07) is 6.86. The SMILES string of the molecule is N#CCN1CCN(c2ccc([N+]3(CCC(N)=O)CCOC3=O)cc2F)CC1. The van der Waals surface area contributed by atoms with Crippen LogP contribution in [0.1, 0.15) is 6.42 Å². The van der Waals surface area contributed by atoms with E-state index in [-0.39, 0.29) is 24.1 Å². The van der Waals surface area contributed by atoms with Crippen molar-refractivity contribution in [2.24, 2.45) is 5.73 Å². The number of piperazine rings is 1. The van der Waals surface area contributed by atoms with Gasteiger partial charge in [0.05, 0.1) is 24.7 Å². The van der Waals surface area contributed by atoms with Crippen LogP contribution in [0.15, 0.2) is 18.2 Å². The van der Waals surface area contributed by atoms with Gasteiger partial charge in [0, 0.05) is 38.3 Å². The zero-order chi connectivity index (χ0) is 19.4. The number of quaternary nitrogens is 1. The lowest BCUT2D eigenvalue weighted by atomic mass is 10.1. The third-order valence-electron chi connectivity index (χ3n) is 5.22. The molecule has 8 nitrogen and oxygen atoms in total. The molecule has 1 atom stereocenters. The molecule has 0 bridgehead atoms. The predicted octanol–water partition coefficient (Wildman–Crippen LogP) is 0.804. The van der Waals surface area contributed by atoms with Crippen LogP contribution >= 0.6 is 0 Å². The van der Waals surface area contributed by atoms with E-state index in [1.54, 1.807) is 12.1 Å². The Labute approximate surface area is 157 Å². The first kappa shape index (κ1) is 19.1. The molecule has 27 heavy (non-hydrogen) atoms. The summed E-state index contributed by atoms with van der Waals surface area (Å²) in [5.41, 5.74) is 6.16.